The zero-order valence-corrected chi connectivity index (χ0v) is 14.2. The Hall–Kier alpha value is -2.96. The van der Waals surface area contributed by atoms with Gasteiger partial charge in [0.05, 0.1) is 13.2 Å². The molecule has 1 atom stereocenters. The molecule has 1 amide bonds. The Morgan fingerprint density at radius 1 is 1.12 bits per heavy atom. The second-order valence-electron chi connectivity index (χ2n) is 5.40. The molecule has 0 aromatic heterocycles. The summed E-state index contributed by atoms with van der Waals surface area (Å²) in [6.07, 6.45) is 2.82. The fraction of sp³-hybridized carbons (Fsp3) is 0.211. The van der Waals surface area contributed by atoms with E-state index in [1.165, 1.54) is 49.6 Å². The van der Waals surface area contributed by atoms with Crippen LogP contribution in [-0.4, -0.2) is 19.6 Å². The van der Waals surface area contributed by atoms with Crippen molar-refractivity contribution in [2.75, 3.05) is 7.11 Å². The smallest absolute Gasteiger partial charge is 0.387 e. The van der Waals surface area contributed by atoms with Crippen molar-refractivity contribution >= 4 is 12.0 Å². The predicted octanol–water partition coefficient (Wildman–Crippen LogP) is 4.33. The summed E-state index contributed by atoms with van der Waals surface area (Å²) < 4.78 is 46.9. The number of hydrogen-bond acceptors (Lipinski definition) is 3. The van der Waals surface area contributed by atoms with Crippen molar-refractivity contribution in [3.63, 3.8) is 0 Å². The molecule has 0 fully saturated rings. The van der Waals surface area contributed by atoms with Gasteiger partial charge >= 0.3 is 6.61 Å². The van der Waals surface area contributed by atoms with E-state index < -0.39 is 6.61 Å². The molecule has 0 bridgehead atoms. The van der Waals surface area contributed by atoms with Crippen LogP contribution in [0.5, 0.6) is 11.5 Å². The highest BCUT2D eigenvalue weighted by atomic mass is 19.3. The number of nitrogens with one attached hydrogen (secondary N) is 1. The van der Waals surface area contributed by atoms with Gasteiger partial charge in [0.2, 0.25) is 5.91 Å². The summed E-state index contributed by atoms with van der Waals surface area (Å²) in [5, 5.41) is 2.75. The highest BCUT2D eigenvalue weighted by Crippen LogP contribution is 2.29. The fourth-order valence-corrected chi connectivity index (χ4v) is 2.25. The third-order valence-electron chi connectivity index (χ3n) is 3.56. The standard InChI is InChI=1S/C19H18F3NO3/c1-12(14-5-7-15(20)8-6-14)23-18(24)10-4-13-3-9-16(26-19(21)22)17(11-13)25-2/h3-12,19H,1-2H3,(H,23,24)/b10-4+/t12-/m0/s1. The summed E-state index contributed by atoms with van der Waals surface area (Å²) in [7, 11) is 1.33. The molecule has 0 radical (unpaired) electrons. The number of carbonyl (C=O) groups excluding carboxylic acids is 1. The van der Waals surface area contributed by atoms with Crippen LogP contribution in [0.4, 0.5) is 13.2 Å². The molecule has 0 aliphatic heterocycles. The molecule has 1 N–H and O–H groups in total. The quantitative estimate of drug-likeness (QED) is 0.743. The molecule has 0 spiro atoms. The van der Waals surface area contributed by atoms with Gasteiger partial charge in [-0.25, -0.2) is 4.39 Å². The lowest BCUT2D eigenvalue weighted by Gasteiger charge is -2.13. The Morgan fingerprint density at radius 2 is 1.81 bits per heavy atom. The van der Waals surface area contributed by atoms with Crippen LogP contribution in [0.15, 0.2) is 48.5 Å². The van der Waals surface area contributed by atoms with Gasteiger partial charge in [-0.2, -0.15) is 8.78 Å². The minimum absolute atomic E-state index is 0.0889. The number of hydrogen-bond donors (Lipinski definition) is 1. The van der Waals surface area contributed by atoms with E-state index in [-0.39, 0.29) is 29.3 Å². The van der Waals surface area contributed by atoms with Gasteiger partial charge in [-0.15, -0.1) is 0 Å². The van der Waals surface area contributed by atoms with Gasteiger partial charge in [-0.05, 0) is 48.4 Å². The minimum atomic E-state index is -2.95. The van der Waals surface area contributed by atoms with Crippen molar-refractivity contribution < 1.29 is 27.4 Å². The van der Waals surface area contributed by atoms with E-state index in [0.29, 0.717) is 5.56 Å². The first-order chi connectivity index (χ1) is 12.4. The van der Waals surface area contributed by atoms with Crippen LogP contribution in [0, 0.1) is 5.82 Å². The number of alkyl halides is 2. The minimum Gasteiger partial charge on any atom is -0.493 e. The van der Waals surface area contributed by atoms with E-state index in [2.05, 4.69) is 10.1 Å². The Labute approximate surface area is 149 Å². The molecule has 0 saturated carbocycles. The maximum absolute atomic E-state index is 12.9. The predicted molar refractivity (Wildman–Crippen MR) is 91.6 cm³/mol. The number of carbonyl (C=O) groups is 1. The van der Waals surface area contributed by atoms with E-state index in [0.717, 1.165) is 5.56 Å². The number of benzene rings is 2. The van der Waals surface area contributed by atoms with E-state index in [9.17, 15) is 18.0 Å². The molecule has 0 saturated heterocycles. The van der Waals surface area contributed by atoms with Crippen LogP contribution < -0.4 is 14.8 Å². The Balaban J connectivity index is 2.01. The van der Waals surface area contributed by atoms with Gasteiger partial charge < -0.3 is 14.8 Å². The highest BCUT2D eigenvalue weighted by molar-refractivity contribution is 5.92. The topological polar surface area (TPSA) is 47.6 Å². The van der Waals surface area contributed by atoms with Gasteiger partial charge in [0.1, 0.15) is 5.82 Å². The zero-order valence-electron chi connectivity index (χ0n) is 14.2. The monoisotopic (exact) mass is 365 g/mol. The normalized spacial score (nSPS) is 12.2. The van der Waals surface area contributed by atoms with Crippen LogP contribution >= 0.6 is 0 Å². The average Bonchev–Trinajstić information content (AvgIpc) is 2.60. The van der Waals surface area contributed by atoms with Gasteiger partial charge in [0, 0.05) is 6.08 Å². The highest BCUT2D eigenvalue weighted by Gasteiger charge is 2.11. The maximum atomic E-state index is 12.9. The van der Waals surface area contributed by atoms with Gasteiger partial charge in [-0.3, -0.25) is 4.79 Å². The molecule has 4 nitrogen and oxygen atoms in total. The number of amides is 1. The van der Waals surface area contributed by atoms with Crippen LogP contribution in [0.3, 0.4) is 0 Å². The molecular formula is C19H18F3NO3. The van der Waals surface area contributed by atoms with Crippen molar-refractivity contribution in [1.82, 2.24) is 5.32 Å². The van der Waals surface area contributed by atoms with Gasteiger partial charge in [0.25, 0.3) is 0 Å². The largest absolute Gasteiger partial charge is 0.493 e. The number of rotatable bonds is 7. The fourth-order valence-electron chi connectivity index (χ4n) is 2.25. The van der Waals surface area contributed by atoms with Crippen LogP contribution in [0.2, 0.25) is 0 Å². The molecule has 2 aromatic rings. The lowest BCUT2D eigenvalue weighted by Crippen LogP contribution is -2.24. The van der Waals surface area contributed by atoms with Crippen molar-refractivity contribution in [1.29, 1.82) is 0 Å². The third-order valence-corrected chi connectivity index (χ3v) is 3.56. The van der Waals surface area contributed by atoms with Crippen LogP contribution in [0.1, 0.15) is 24.1 Å². The molecule has 2 aromatic carbocycles. The van der Waals surface area contributed by atoms with E-state index in [1.807, 2.05) is 0 Å². The zero-order chi connectivity index (χ0) is 19.1. The van der Waals surface area contributed by atoms with Crippen molar-refractivity contribution in [2.24, 2.45) is 0 Å². The Kier molecular flexibility index (Phi) is 6.66. The first kappa shape index (κ1) is 19.4. The maximum Gasteiger partial charge on any atom is 0.387 e. The van der Waals surface area contributed by atoms with Crippen LogP contribution in [0.25, 0.3) is 6.08 Å². The second kappa shape index (κ2) is 8.94. The molecule has 0 aliphatic carbocycles. The molecule has 138 valence electrons. The van der Waals surface area contributed by atoms with E-state index in [1.54, 1.807) is 19.1 Å². The summed E-state index contributed by atoms with van der Waals surface area (Å²) in [5.41, 5.74) is 1.34. The van der Waals surface area contributed by atoms with E-state index >= 15 is 0 Å². The molecule has 0 unspecified atom stereocenters. The summed E-state index contributed by atoms with van der Waals surface area (Å²) in [6, 6.07) is 9.87. The average molecular weight is 365 g/mol. The van der Waals surface area contributed by atoms with Crippen molar-refractivity contribution in [2.45, 2.75) is 19.6 Å². The van der Waals surface area contributed by atoms with Crippen molar-refractivity contribution in [3.8, 4) is 11.5 Å². The van der Waals surface area contributed by atoms with Gasteiger partial charge in [0.15, 0.2) is 11.5 Å². The molecule has 0 aliphatic rings. The first-order valence-corrected chi connectivity index (χ1v) is 7.76. The molecule has 0 heterocycles. The van der Waals surface area contributed by atoms with Crippen LogP contribution in [-0.2, 0) is 4.79 Å². The number of methoxy groups -OCH3 is 1. The lowest BCUT2D eigenvalue weighted by atomic mass is 10.1. The Morgan fingerprint density at radius 3 is 2.42 bits per heavy atom. The van der Waals surface area contributed by atoms with Crippen molar-refractivity contribution in [3.05, 3.63) is 65.5 Å². The third kappa shape index (κ3) is 5.54. The molecular weight excluding hydrogens is 347 g/mol. The van der Waals surface area contributed by atoms with Gasteiger partial charge in [-0.1, -0.05) is 18.2 Å². The van der Waals surface area contributed by atoms with E-state index in [4.69, 9.17) is 4.74 Å². The SMILES string of the molecule is COc1cc(/C=C/C(=O)N[C@@H](C)c2ccc(F)cc2)ccc1OC(F)F. The second-order valence-corrected chi connectivity index (χ2v) is 5.40. The summed E-state index contributed by atoms with van der Waals surface area (Å²) >= 11 is 0. The number of ether oxygens (including phenoxy) is 2. The number of halogens is 3. The summed E-state index contributed by atoms with van der Waals surface area (Å²) in [6.45, 7) is -1.18. The first-order valence-electron chi connectivity index (χ1n) is 7.76. The summed E-state index contributed by atoms with van der Waals surface area (Å²) in [5.74, 6) is -0.657. The molecule has 7 heteroatoms. The lowest BCUT2D eigenvalue weighted by molar-refractivity contribution is -0.117. The Bertz CT molecular complexity index is 776. The summed E-state index contributed by atoms with van der Waals surface area (Å²) in [4.78, 5) is 12.0. The molecule has 26 heavy (non-hydrogen) atoms. The molecule has 2 rings (SSSR count).